The molecule has 0 spiro atoms. The number of carbonyl (C=O) groups is 4. The molecule has 2 aliphatic rings. The first-order valence-corrected chi connectivity index (χ1v) is 10.1. The zero-order valence-electron chi connectivity index (χ0n) is 16.2. The Labute approximate surface area is 181 Å². The van der Waals surface area contributed by atoms with Gasteiger partial charge in [-0.05, 0) is 48.4 Å². The molecule has 2 aliphatic heterocycles. The third kappa shape index (κ3) is 3.34. The predicted molar refractivity (Wildman–Crippen MR) is 114 cm³/mol. The SMILES string of the molecule is O=C1CCC(N2Cc3cc(NC(=O)c4cc5c(Cl)cccc5[nH]4)ccc3C2=O)C(=O)N1. The summed E-state index contributed by atoms with van der Waals surface area (Å²) in [7, 11) is 0. The fourth-order valence-corrected chi connectivity index (χ4v) is 4.32. The van der Waals surface area contributed by atoms with Crippen LogP contribution in [0, 0.1) is 0 Å². The first-order chi connectivity index (χ1) is 14.9. The fraction of sp³-hybridized carbons (Fsp3) is 0.182. The first kappa shape index (κ1) is 19.3. The molecule has 3 N–H and O–H groups in total. The molecule has 3 aromatic rings. The molecular formula is C22H17ClN4O4. The van der Waals surface area contributed by atoms with Crippen LogP contribution in [0.15, 0.2) is 42.5 Å². The van der Waals surface area contributed by atoms with Crippen molar-refractivity contribution in [2.24, 2.45) is 0 Å². The summed E-state index contributed by atoms with van der Waals surface area (Å²) in [6.45, 7) is 0.242. The highest BCUT2D eigenvalue weighted by molar-refractivity contribution is 6.35. The molecular weight excluding hydrogens is 420 g/mol. The van der Waals surface area contributed by atoms with E-state index in [-0.39, 0.29) is 30.7 Å². The smallest absolute Gasteiger partial charge is 0.272 e. The maximum Gasteiger partial charge on any atom is 0.272 e. The van der Waals surface area contributed by atoms with Gasteiger partial charge in [-0.3, -0.25) is 24.5 Å². The standard InChI is InChI=1S/C22H17ClN4O4/c23-15-2-1-3-16-14(15)9-17(25-16)20(29)24-12-4-5-13-11(8-12)10-27(22(13)31)18-6-7-19(28)26-21(18)30/h1-5,8-9,18,25H,6-7,10H2,(H,24,29)(H,26,28,30). The van der Waals surface area contributed by atoms with Crippen LogP contribution in [0.4, 0.5) is 5.69 Å². The van der Waals surface area contributed by atoms with E-state index in [1.165, 1.54) is 4.90 Å². The average Bonchev–Trinajstić information content (AvgIpc) is 3.31. The molecule has 2 aromatic carbocycles. The highest BCUT2D eigenvalue weighted by atomic mass is 35.5. The second-order valence-corrected chi connectivity index (χ2v) is 8.02. The number of hydrogen-bond donors (Lipinski definition) is 3. The summed E-state index contributed by atoms with van der Waals surface area (Å²) in [6, 6.07) is 11.4. The summed E-state index contributed by atoms with van der Waals surface area (Å²) in [6.07, 6.45) is 0.503. The molecule has 156 valence electrons. The fourth-order valence-electron chi connectivity index (χ4n) is 4.09. The number of fused-ring (bicyclic) bond motifs is 2. The van der Waals surface area contributed by atoms with Crippen molar-refractivity contribution >= 4 is 51.8 Å². The maximum absolute atomic E-state index is 12.8. The largest absolute Gasteiger partial charge is 0.350 e. The van der Waals surface area contributed by atoms with E-state index >= 15 is 0 Å². The van der Waals surface area contributed by atoms with Crippen molar-refractivity contribution in [1.82, 2.24) is 15.2 Å². The number of nitrogens with one attached hydrogen (secondary N) is 3. The Balaban J connectivity index is 1.35. The minimum atomic E-state index is -0.674. The van der Waals surface area contributed by atoms with Gasteiger partial charge in [-0.15, -0.1) is 0 Å². The second-order valence-electron chi connectivity index (χ2n) is 7.61. The summed E-state index contributed by atoms with van der Waals surface area (Å²) in [4.78, 5) is 53.5. The normalized spacial score (nSPS) is 18.3. The van der Waals surface area contributed by atoms with Crippen molar-refractivity contribution in [2.75, 3.05) is 5.32 Å². The van der Waals surface area contributed by atoms with E-state index in [1.807, 2.05) is 6.07 Å². The lowest BCUT2D eigenvalue weighted by Crippen LogP contribution is -2.52. The van der Waals surface area contributed by atoms with Gasteiger partial charge in [-0.2, -0.15) is 0 Å². The molecule has 5 rings (SSSR count). The lowest BCUT2D eigenvalue weighted by molar-refractivity contribution is -0.136. The Morgan fingerprint density at radius 3 is 2.74 bits per heavy atom. The number of H-pyrrole nitrogens is 1. The molecule has 31 heavy (non-hydrogen) atoms. The Morgan fingerprint density at radius 2 is 1.97 bits per heavy atom. The van der Waals surface area contributed by atoms with Gasteiger partial charge in [-0.25, -0.2) is 0 Å². The summed E-state index contributed by atoms with van der Waals surface area (Å²) >= 11 is 6.17. The zero-order chi connectivity index (χ0) is 21.7. The molecule has 0 bridgehead atoms. The van der Waals surface area contributed by atoms with Crippen LogP contribution < -0.4 is 10.6 Å². The van der Waals surface area contributed by atoms with E-state index in [4.69, 9.17) is 11.6 Å². The molecule has 4 amide bonds. The molecule has 1 fully saturated rings. The van der Waals surface area contributed by atoms with Crippen LogP contribution in [-0.4, -0.2) is 39.6 Å². The molecule has 1 atom stereocenters. The molecule has 1 aromatic heterocycles. The van der Waals surface area contributed by atoms with Gasteiger partial charge in [0, 0.05) is 40.1 Å². The zero-order valence-corrected chi connectivity index (χ0v) is 17.0. The average molecular weight is 437 g/mol. The topological polar surface area (TPSA) is 111 Å². The van der Waals surface area contributed by atoms with Gasteiger partial charge in [0.25, 0.3) is 11.8 Å². The number of nitrogens with zero attached hydrogens (tertiary/aromatic N) is 1. The van der Waals surface area contributed by atoms with E-state index in [0.717, 1.165) is 10.9 Å². The van der Waals surface area contributed by atoms with Gasteiger partial charge in [-0.1, -0.05) is 17.7 Å². The van der Waals surface area contributed by atoms with Crippen LogP contribution in [-0.2, 0) is 16.1 Å². The number of aromatic nitrogens is 1. The molecule has 0 radical (unpaired) electrons. The van der Waals surface area contributed by atoms with Crippen LogP contribution in [0.5, 0.6) is 0 Å². The number of rotatable bonds is 3. The van der Waals surface area contributed by atoms with Gasteiger partial charge < -0.3 is 15.2 Å². The van der Waals surface area contributed by atoms with Crippen LogP contribution in [0.3, 0.4) is 0 Å². The number of aromatic amines is 1. The van der Waals surface area contributed by atoms with Crippen molar-refractivity contribution in [2.45, 2.75) is 25.4 Å². The van der Waals surface area contributed by atoms with Crippen LogP contribution in [0.1, 0.15) is 39.3 Å². The summed E-state index contributed by atoms with van der Waals surface area (Å²) in [5, 5.41) is 6.42. The molecule has 1 unspecified atom stereocenters. The number of hydrogen-bond acceptors (Lipinski definition) is 4. The number of benzene rings is 2. The Kier molecular flexibility index (Phi) is 4.51. The van der Waals surface area contributed by atoms with Gasteiger partial charge in [0.1, 0.15) is 11.7 Å². The van der Waals surface area contributed by atoms with E-state index in [1.54, 1.807) is 36.4 Å². The summed E-state index contributed by atoms with van der Waals surface area (Å²) in [5.41, 5.74) is 2.86. The second kappa shape index (κ2) is 7.24. The van der Waals surface area contributed by atoms with Crippen LogP contribution in [0.2, 0.25) is 5.02 Å². The summed E-state index contributed by atoms with van der Waals surface area (Å²) < 4.78 is 0. The number of halogens is 1. The molecule has 8 nitrogen and oxygen atoms in total. The lowest BCUT2D eigenvalue weighted by atomic mass is 10.0. The highest BCUT2D eigenvalue weighted by Crippen LogP contribution is 2.30. The number of piperidine rings is 1. The van der Waals surface area contributed by atoms with Crippen molar-refractivity contribution < 1.29 is 19.2 Å². The third-order valence-electron chi connectivity index (χ3n) is 5.64. The molecule has 0 saturated carbocycles. The first-order valence-electron chi connectivity index (χ1n) is 9.77. The molecule has 0 aliphatic carbocycles. The molecule has 3 heterocycles. The summed E-state index contributed by atoms with van der Waals surface area (Å²) in [5.74, 6) is -1.37. The minimum absolute atomic E-state index is 0.201. The van der Waals surface area contributed by atoms with Crippen molar-refractivity contribution in [3.8, 4) is 0 Å². The number of carbonyl (C=O) groups excluding carboxylic acids is 4. The number of amides is 4. The third-order valence-corrected chi connectivity index (χ3v) is 5.97. The van der Waals surface area contributed by atoms with Crippen molar-refractivity contribution in [1.29, 1.82) is 0 Å². The van der Waals surface area contributed by atoms with Crippen molar-refractivity contribution in [3.05, 3.63) is 64.3 Å². The molecule has 1 saturated heterocycles. The van der Waals surface area contributed by atoms with Gasteiger partial charge in [0.05, 0.1) is 0 Å². The van der Waals surface area contributed by atoms with Gasteiger partial charge in [0.15, 0.2) is 0 Å². The van der Waals surface area contributed by atoms with Crippen molar-refractivity contribution in [3.63, 3.8) is 0 Å². The van der Waals surface area contributed by atoms with Crippen LogP contribution in [0.25, 0.3) is 10.9 Å². The Bertz CT molecular complexity index is 1280. The maximum atomic E-state index is 12.8. The Morgan fingerprint density at radius 1 is 1.13 bits per heavy atom. The lowest BCUT2D eigenvalue weighted by Gasteiger charge is -2.29. The monoisotopic (exact) mass is 436 g/mol. The van der Waals surface area contributed by atoms with Gasteiger partial charge >= 0.3 is 0 Å². The van der Waals surface area contributed by atoms with E-state index < -0.39 is 11.9 Å². The van der Waals surface area contributed by atoms with Gasteiger partial charge in [0.2, 0.25) is 11.8 Å². The number of imide groups is 1. The Hall–Kier alpha value is -3.65. The predicted octanol–water partition coefficient (Wildman–Crippen LogP) is 2.83. The highest BCUT2D eigenvalue weighted by Gasteiger charge is 2.39. The quantitative estimate of drug-likeness (QED) is 0.548. The van der Waals surface area contributed by atoms with E-state index in [2.05, 4.69) is 15.6 Å². The molecule has 9 heteroatoms. The minimum Gasteiger partial charge on any atom is -0.350 e. The van der Waals surface area contributed by atoms with Crippen LogP contribution >= 0.6 is 11.6 Å². The number of anilines is 1. The van der Waals surface area contributed by atoms with E-state index in [0.29, 0.717) is 34.0 Å². The van der Waals surface area contributed by atoms with E-state index in [9.17, 15) is 19.2 Å².